The van der Waals surface area contributed by atoms with Gasteiger partial charge in [-0.3, -0.25) is 9.59 Å². The largest absolute Gasteiger partial charge is 0.355 e. The summed E-state index contributed by atoms with van der Waals surface area (Å²) in [6.07, 6.45) is 4.65. The molecule has 1 spiro atoms. The molecule has 1 aliphatic carbocycles. The van der Waals surface area contributed by atoms with Crippen LogP contribution in [0, 0.1) is 11.3 Å². The summed E-state index contributed by atoms with van der Waals surface area (Å²) in [5.74, 6) is 0.256. The van der Waals surface area contributed by atoms with Crippen molar-refractivity contribution in [3.63, 3.8) is 0 Å². The molecule has 3 fully saturated rings. The van der Waals surface area contributed by atoms with E-state index in [9.17, 15) is 9.59 Å². The lowest BCUT2D eigenvalue weighted by Gasteiger charge is -2.33. The monoisotopic (exact) mass is 347 g/mol. The summed E-state index contributed by atoms with van der Waals surface area (Å²) in [5, 5.41) is 10.5. The van der Waals surface area contributed by atoms with E-state index < -0.39 is 0 Å². The molecule has 0 radical (unpaired) electrons. The second-order valence-corrected chi connectivity index (χ2v) is 8.25. The Morgan fingerprint density at radius 3 is 2.88 bits per heavy atom. The lowest BCUT2D eigenvalue weighted by molar-refractivity contribution is -0.139. The van der Waals surface area contributed by atoms with Gasteiger partial charge in [-0.15, -0.1) is 0 Å². The lowest BCUT2D eigenvalue weighted by Crippen LogP contribution is -2.47. The minimum Gasteiger partial charge on any atom is -0.355 e. The molecule has 0 aromatic carbocycles. The van der Waals surface area contributed by atoms with Crippen LogP contribution in [0.5, 0.6) is 0 Å². The van der Waals surface area contributed by atoms with E-state index in [4.69, 9.17) is 0 Å². The molecule has 2 aliphatic heterocycles. The van der Waals surface area contributed by atoms with E-state index in [0.29, 0.717) is 37.4 Å². The van der Waals surface area contributed by atoms with Crippen LogP contribution in [0.15, 0.2) is 16.8 Å². The quantitative estimate of drug-likeness (QED) is 0.872. The summed E-state index contributed by atoms with van der Waals surface area (Å²) >= 11 is 1.68. The van der Waals surface area contributed by atoms with Crippen LogP contribution >= 0.6 is 11.3 Å². The Hall–Kier alpha value is -1.40. The number of hydrogen-bond acceptors (Lipinski definition) is 4. The molecular formula is C18H25N3O2S. The van der Waals surface area contributed by atoms with Gasteiger partial charge in [-0.1, -0.05) is 0 Å². The van der Waals surface area contributed by atoms with Gasteiger partial charge in [-0.25, -0.2) is 0 Å². The maximum Gasteiger partial charge on any atom is 0.228 e. The molecule has 24 heavy (non-hydrogen) atoms. The first kappa shape index (κ1) is 16.1. The average molecular weight is 347 g/mol. The third kappa shape index (κ3) is 3.09. The molecule has 2 saturated heterocycles. The maximum atomic E-state index is 13.2. The van der Waals surface area contributed by atoms with Gasteiger partial charge in [0.05, 0.1) is 5.92 Å². The van der Waals surface area contributed by atoms with Gasteiger partial charge in [0.25, 0.3) is 0 Å². The van der Waals surface area contributed by atoms with Gasteiger partial charge >= 0.3 is 0 Å². The summed E-state index contributed by atoms with van der Waals surface area (Å²) < 4.78 is 0. The van der Waals surface area contributed by atoms with E-state index in [0.717, 1.165) is 19.5 Å². The van der Waals surface area contributed by atoms with E-state index in [-0.39, 0.29) is 17.7 Å². The van der Waals surface area contributed by atoms with Crippen LogP contribution in [0.2, 0.25) is 0 Å². The molecule has 1 saturated carbocycles. The fraction of sp³-hybridized carbons (Fsp3) is 0.667. The normalized spacial score (nSPS) is 28.4. The highest BCUT2D eigenvalue weighted by Crippen LogP contribution is 2.56. The Morgan fingerprint density at radius 1 is 1.38 bits per heavy atom. The molecule has 2 atom stereocenters. The van der Waals surface area contributed by atoms with Crippen LogP contribution in [0.1, 0.15) is 37.7 Å². The van der Waals surface area contributed by atoms with Crippen LogP contribution in [0.3, 0.4) is 0 Å². The van der Waals surface area contributed by atoms with E-state index >= 15 is 0 Å². The highest BCUT2D eigenvalue weighted by Gasteiger charge is 2.58. The number of rotatable bonds is 4. The van der Waals surface area contributed by atoms with E-state index in [1.165, 1.54) is 18.4 Å². The SMILES string of the molecule is O=C1CCC(C(=O)N(Cc2ccsc2)C2CC23CCNCC3)CN1. The van der Waals surface area contributed by atoms with Crippen LogP contribution in [0.25, 0.3) is 0 Å². The Balaban J connectivity index is 1.50. The molecule has 2 unspecified atom stereocenters. The minimum atomic E-state index is -0.0549. The van der Waals surface area contributed by atoms with Gasteiger partial charge in [0.15, 0.2) is 0 Å². The summed E-state index contributed by atoms with van der Waals surface area (Å²) in [5.41, 5.74) is 1.57. The van der Waals surface area contributed by atoms with E-state index in [1.54, 1.807) is 11.3 Å². The van der Waals surface area contributed by atoms with Crippen molar-refractivity contribution in [1.82, 2.24) is 15.5 Å². The molecule has 2 amide bonds. The van der Waals surface area contributed by atoms with Gasteiger partial charge in [0.2, 0.25) is 11.8 Å². The molecule has 1 aromatic rings. The number of hydrogen-bond donors (Lipinski definition) is 2. The van der Waals surface area contributed by atoms with Crippen molar-refractivity contribution >= 4 is 23.2 Å². The first-order valence-electron chi connectivity index (χ1n) is 8.97. The molecule has 4 rings (SSSR count). The zero-order chi connectivity index (χ0) is 16.6. The third-order valence-electron chi connectivity index (χ3n) is 5.95. The first-order valence-corrected chi connectivity index (χ1v) is 9.91. The Kier molecular flexibility index (Phi) is 4.35. The second-order valence-electron chi connectivity index (χ2n) is 7.47. The van der Waals surface area contributed by atoms with E-state index in [1.807, 2.05) is 0 Å². The Morgan fingerprint density at radius 2 is 2.21 bits per heavy atom. The summed E-state index contributed by atoms with van der Waals surface area (Å²) in [7, 11) is 0. The highest BCUT2D eigenvalue weighted by molar-refractivity contribution is 7.07. The maximum absolute atomic E-state index is 13.2. The number of nitrogens with zero attached hydrogens (tertiary/aromatic N) is 1. The average Bonchev–Trinajstić information content (AvgIpc) is 3.04. The number of carbonyl (C=O) groups excluding carboxylic acids is 2. The minimum absolute atomic E-state index is 0.0549. The fourth-order valence-electron chi connectivity index (χ4n) is 4.33. The topological polar surface area (TPSA) is 61.4 Å². The summed E-state index contributed by atoms with van der Waals surface area (Å²) in [6, 6.07) is 2.50. The summed E-state index contributed by atoms with van der Waals surface area (Å²) in [6.45, 7) is 3.35. The fourth-order valence-corrected chi connectivity index (χ4v) is 4.99. The number of carbonyl (C=O) groups is 2. The Bertz CT molecular complexity index is 600. The third-order valence-corrected chi connectivity index (χ3v) is 6.69. The predicted molar refractivity (Wildman–Crippen MR) is 93.5 cm³/mol. The standard InChI is InChI=1S/C18H25N3O2S/c22-16-2-1-14(10-20-16)17(23)21(11-13-3-8-24-12-13)15-9-18(15)4-6-19-7-5-18/h3,8,12,14-15,19H,1-2,4-7,9-11H2,(H,20,22). The molecule has 6 heteroatoms. The van der Waals surface area contributed by atoms with Crippen molar-refractivity contribution in [2.45, 2.75) is 44.7 Å². The van der Waals surface area contributed by atoms with Crippen molar-refractivity contribution in [3.05, 3.63) is 22.4 Å². The van der Waals surface area contributed by atoms with Crippen molar-refractivity contribution in [2.75, 3.05) is 19.6 Å². The molecular weight excluding hydrogens is 322 g/mol. The van der Waals surface area contributed by atoms with Crippen LogP contribution < -0.4 is 10.6 Å². The molecule has 2 N–H and O–H groups in total. The molecule has 3 heterocycles. The molecule has 3 aliphatic rings. The van der Waals surface area contributed by atoms with Crippen molar-refractivity contribution < 1.29 is 9.59 Å². The number of thiophene rings is 1. The molecule has 130 valence electrons. The number of amides is 2. The zero-order valence-electron chi connectivity index (χ0n) is 13.9. The van der Waals surface area contributed by atoms with Crippen molar-refractivity contribution in [1.29, 1.82) is 0 Å². The first-order chi connectivity index (χ1) is 11.7. The molecule has 5 nitrogen and oxygen atoms in total. The number of nitrogens with one attached hydrogen (secondary N) is 2. The van der Waals surface area contributed by atoms with Crippen molar-refractivity contribution in [3.8, 4) is 0 Å². The van der Waals surface area contributed by atoms with Gasteiger partial charge < -0.3 is 15.5 Å². The van der Waals surface area contributed by atoms with Gasteiger partial charge in [0.1, 0.15) is 0 Å². The predicted octanol–water partition coefficient (Wildman–Crippen LogP) is 1.74. The van der Waals surface area contributed by atoms with Crippen molar-refractivity contribution in [2.24, 2.45) is 11.3 Å². The second kappa shape index (κ2) is 6.48. The smallest absolute Gasteiger partial charge is 0.228 e. The zero-order valence-corrected chi connectivity index (χ0v) is 14.7. The summed E-state index contributed by atoms with van der Waals surface area (Å²) in [4.78, 5) is 26.7. The molecule has 0 bridgehead atoms. The van der Waals surface area contributed by atoms with Gasteiger partial charge in [-0.05, 0) is 66.6 Å². The van der Waals surface area contributed by atoms with Gasteiger partial charge in [0, 0.05) is 25.6 Å². The number of piperidine rings is 2. The highest BCUT2D eigenvalue weighted by atomic mass is 32.1. The van der Waals surface area contributed by atoms with Crippen LogP contribution in [-0.4, -0.2) is 42.4 Å². The van der Waals surface area contributed by atoms with Crippen LogP contribution in [0.4, 0.5) is 0 Å². The van der Waals surface area contributed by atoms with Crippen LogP contribution in [-0.2, 0) is 16.1 Å². The lowest BCUT2D eigenvalue weighted by atomic mass is 9.92. The molecule has 1 aromatic heterocycles. The van der Waals surface area contributed by atoms with Gasteiger partial charge in [-0.2, -0.15) is 11.3 Å². The Labute approximate surface area is 146 Å². The van der Waals surface area contributed by atoms with E-state index in [2.05, 4.69) is 32.4 Å².